The van der Waals surface area contributed by atoms with E-state index in [0.29, 0.717) is 0 Å². The molecule has 224 valence electrons. The summed E-state index contributed by atoms with van der Waals surface area (Å²) in [6.45, 7) is 9.43. The minimum Gasteiger partial charge on any atom is -0.404 e. The van der Waals surface area contributed by atoms with Crippen LogP contribution in [0.2, 0.25) is 0 Å². The summed E-state index contributed by atoms with van der Waals surface area (Å²) in [4.78, 5) is 26.4. The van der Waals surface area contributed by atoms with Crippen molar-refractivity contribution < 1.29 is 36.3 Å². The number of ether oxygens (including phenoxy) is 2. The molecule has 2 rings (SSSR count). The average molecular weight is 608 g/mol. The van der Waals surface area contributed by atoms with E-state index >= 15 is 0 Å². The van der Waals surface area contributed by atoms with Crippen molar-refractivity contribution in [3.63, 3.8) is 0 Å². The van der Waals surface area contributed by atoms with E-state index in [1.54, 1.807) is 6.92 Å². The summed E-state index contributed by atoms with van der Waals surface area (Å²) >= 11 is 0. The molecule has 1 aliphatic heterocycles. The van der Waals surface area contributed by atoms with Crippen molar-refractivity contribution in [2.24, 2.45) is 0 Å². The normalized spacial score (nSPS) is 23.1. The van der Waals surface area contributed by atoms with Crippen molar-refractivity contribution in [3.8, 4) is 6.07 Å². The van der Waals surface area contributed by atoms with Crippen LogP contribution in [0, 0.1) is 11.3 Å². The number of nitriles is 1. The molecule has 0 saturated carbocycles. The molecule has 0 bridgehead atoms. The third kappa shape index (κ3) is 9.09. The first-order valence-electron chi connectivity index (χ1n) is 12.8. The quantitative estimate of drug-likeness (QED) is 0.157. The zero-order valence-electron chi connectivity index (χ0n) is 23.5. The second kappa shape index (κ2) is 16.3. The van der Waals surface area contributed by atoms with Crippen molar-refractivity contribution in [1.82, 2.24) is 14.2 Å². The minimum atomic E-state index is -3.42. The number of aromatic nitrogens is 2. The van der Waals surface area contributed by atoms with Crippen molar-refractivity contribution in [1.29, 1.82) is 5.26 Å². The van der Waals surface area contributed by atoms with Gasteiger partial charge in [0.05, 0.1) is 31.8 Å². The average Bonchev–Trinajstić information content (AvgIpc) is 3.22. The summed E-state index contributed by atoms with van der Waals surface area (Å²) in [7, 11) is 1.93. The van der Waals surface area contributed by atoms with E-state index in [4.69, 9.17) is 36.4 Å². The Labute approximate surface area is 236 Å². The van der Waals surface area contributed by atoms with Gasteiger partial charge in [-0.15, -0.1) is 0 Å². The summed E-state index contributed by atoms with van der Waals surface area (Å²) in [5, 5.41) is 9.02. The SMILES string of the molecule is [B]OP(OCC)C(F)(F)CCC1OC(n2ccc(=O)[nH]c2=O)C(OC)C1OP(OCCC#N)N(C(C)C)C(C)C. The molecule has 6 unspecified atom stereocenters. The Bertz CT molecular complexity index is 1070. The Kier molecular flexibility index (Phi) is 14.3. The van der Waals surface area contributed by atoms with Gasteiger partial charge in [-0.2, -0.15) is 14.0 Å². The van der Waals surface area contributed by atoms with Gasteiger partial charge in [0, 0.05) is 37.9 Å². The van der Waals surface area contributed by atoms with Crippen molar-refractivity contribution >= 4 is 25.0 Å². The van der Waals surface area contributed by atoms with Gasteiger partial charge in [0.2, 0.25) is 8.38 Å². The van der Waals surface area contributed by atoms with Crippen LogP contribution in [0.5, 0.6) is 0 Å². The summed E-state index contributed by atoms with van der Waals surface area (Å²) in [5.41, 5.74) is -4.79. The Morgan fingerprint density at radius 2 is 1.93 bits per heavy atom. The lowest BCUT2D eigenvalue weighted by Crippen LogP contribution is -2.41. The van der Waals surface area contributed by atoms with Gasteiger partial charge >= 0.3 is 11.4 Å². The van der Waals surface area contributed by atoms with Gasteiger partial charge in [0.15, 0.2) is 6.23 Å². The summed E-state index contributed by atoms with van der Waals surface area (Å²) in [6, 6.07) is 3.10. The standard InChI is InChI=1S/C23H37BF2N4O8P2/c1-7-34-39(38-24)23(25,26)11-9-17-19(37-40(35-14-8-12-27)30(15(2)3)16(4)5)20(33-6)21(36-17)29-13-10-18(31)28-22(29)32/h10,13,15-17,19-21H,7-9,11,14H2,1-6H3,(H,28,31,32). The summed E-state index contributed by atoms with van der Waals surface area (Å²) < 4.78 is 66.8. The van der Waals surface area contributed by atoms with Crippen LogP contribution in [0.4, 0.5) is 8.78 Å². The molecule has 1 fully saturated rings. The highest BCUT2D eigenvalue weighted by Gasteiger charge is 2.51. The highest BCUT2D eigenvalue weighted by molar-refractivity contribution is 7.49. The monoisotopic (exact) mass is 608 g/mol. The fourth-order valence-corrected chi connectivity index (χ4v) is 7.01. The van der Waals surface area contributed by atoms with E-state index < -0.39 is 64.8 Å². The van der Waals surface area contributed by atoms with E-state index in [1.807, 2.05) is 38.4 Å². The lowest BCUT2D eigenvalue weighted by atomic mass is 10.1. The lowest BCUT2D eigenvalue weighted by molar-refractivity contribution is -0.0586. The van der Waals surface area contributed by atoms with Crippen molar-refractivity contribution in [2.45, 2.75) is 96.2 Å². The second-order valence-electron chi connectivity index (χ2n) is 9.38. The van der Waals surface area contributed by atoms with Gasteiger partial charge in [0.1, 0.15) is 12.2 Å². The fraction of sp³-hybridized carbons (Fsp3) is 0.783. The van der Waals surface area contributed by atoms with E-state index in [2.05, 4.69) is 9.43 Å². The van der Waals surface area contributed by atoms with Gasteiger partial charge in [0.25, 0.3) is 22.1 Å². The number of H-pyrrole nitrogens is 1. The third-order valence-electron chi connectivity index (χ3n) is 5.90. The van der Waals surface area contributed by atoms with Crippen LogP contribution in [0.1, 0.15) is 60.1 Å². The van der Waals surface area contributed by atoms with Crippen molar-refractivity contribution in [3.05, 3.63) is 33.1 Å². The van der Waals surface area contributed by atoms with E-state index in [9.17, 15) is 18.4 Å². The Morgan fingerprint density at radius 3 is 2.45 bits per heavy atom. The molecule has 0 aliphatic carbocycles. The van der Waals surface area contributed by atoms with E-state index in [0.717, 1.165) is 10.6 Å². The molecule has 2 radical (unpaired) electrons. The second-order valence-corrected chi connectivity index (χ2v) is 12.4. The van der Waals surface area contributed by atoms with E-state index in [-0.39, 0.29) is 38.1 Å². The first kappa shape index (κ1) is 34.9. The van der Waals surface area contributed by atoms with Crippen LogP contribution < -0.4 is 11.2 Å². The minimum absolute atomic E-state index is 0.0162. The third-order valence-corrected chi connectivity index (χ3v) is 9.47. The first-order chi connectivity index (χ1) is 18.9. The van der Waals surface area contributed by atoms with Gasteiger partial charge in [-0.1, -0.05) is 0 Å². The Balaban J connectivity index is 2.47. The van der Waals surface area contributed by atoms with Crippen molar-refractivity contribution in [2.75, 3.05) is 20.3 Å². The molecule has 0 amide bonds. The topological polar surface area (TPSA) is 137 Å². The van der Waals surface area contributed by atoms with Gasteiger partial charge in [-0.3, -0.25) is 14.3 Å². The first-order valence-corrected chi connectivity index (χ1v) is 15.1. The molecule has 12 nitrogen and oxygen atoms in total. The molecule has 1 aromatic heterocycles. The maximum atomic E-state index is 15.0. The predicted molar refractivity (Wildman–Crippen MR) is 146 cm³/mol. The number of alkyl halides is 2. The van der Waals surface area contributed by atoms with Gasteiger partial charge in [-0.05, 0) is 41.0 Å². The molecular formula is C23H37BF2N4O8P2. The number of aromatic amines is 1. The number of rotatable bonds is 17. The number of halogens is 2. The maximum Gasteiger partial charge on any atom is 0.330 e. The number of methoxy groups -OCH3 is 1. The van der Waals surface area contributed by atoms with Crippen LogP contribution >= 0.6 is 16.9 Å². The number of hydrogen-bond donors (Lipinski definition) is 1. The van der Waals surface area contributed by atoms with Crippen LogP contribution in [0.25, 0.3) is 0 Å². The maximum absolute atomic E-state index is 15.0. The molecule has 1 N–H and O–H groups in total. The zero-order valence-corrected chi connectivity index (χ0v) is 25.3. The molecule has 1 aliphatic rings. The molecule has 40 heavy (non-hydrogen) atoms. The largest absolute Gasteiger partial charge is 0.404 e. The van der Waals surface area contributed by atoms with E-state index in [1.165, 1.54) is 13.3 Å². The van der Waals surface area contributed by atoms with Gasteiger partial charge in [-0.25, -0.2) is 9.46 Å². The number of nitrogens with one attached hydrogen (secondary N) is 1. The molecule has 6 atom stereocenters. The van der Waals surface area contributed by atoms with Crippen LogP contribution in [-0.4, -0.2) is 78.7 Å². The van der Waals surface area contributed by atoms with Gasteiger partial charge < -0.3 is 27.5 Å². The molecule has 17 heteroatoms. The molecule has 2 heterocycles. The highest BCUT2D eigenvalue weighted by atomic mass is 31.2. The zero-order chi connectivity index (χ0) is 30.0. The van der Waals surface area contributed by atoms with Crippen LogP contribution in [0.15, 0.2) is 21.9 Å². The Hall–Kier alpha value is -1.33. The lowest BCUT2D eigenvalue weighted by Gasteiger charge is -2.38. The molecule has 1 aromatic rings. The summed E-state index contributed by atoms with van der Waals surface area (Å²) in [6.07, 6.45) is -3.65. The van der Waals surface area contributed by atoms with Crippen LogP contribution in [-0.2, 0) is 27.5 Å². The fourth-order valence-electron chi connectivity index (χ4n) is 4.29. The molecule has 0 spiro atoms. The number of nitrogens with zero attached hydrogens (tertiary/aromatic N) is 3. The number of hydrogen-bond acceptors (Lipinski definition) is 10. The Morgan fingerprint density at radius 1 is 1.25 bits per heavy atom. The molecule has 0 aromatic carbocycles. The highest BCUT2D eigenvalue weighted by Crippen LogP contribution is 2.56. The predicted octanol–water partition coefficient (Wildman–Crippen LogP) is 3.93. The molecular weight excluding hydrogens is 571 g/mol. The van der Waals surface area contributed by atoms with Crippen LogP contribution in [0.3, 0.4) is 0 Å². The molecule has 1 saturated heterocycles. The summed E-state index contributed by atoms with van der Waals surface area (Å²) in [5.74, 6) is 0. The smallest absolute Gasteiger partial charge is 0.330 e.